The van der Waals surface area contributed by atoms with Gasteiger partial charge in [-0.15, -0.1) is 0 Å². The minimum Gasteiger partial charge on any atom is -0.310 e. The first kappa shape index (κ1) is 12.6. The fourth-order valence-corrected chi connectivity index (χ4v) is 2.79. The minimum absolute atomic E-state index is 0.634. The molecule has 0 unspecified atom stereocenters. The lowest BCUT2D eigenvalue weighted by molar-refractivity contribution is 0.280. The molecule has 0 aromatic carbocycles. The van der Waals surface area contributed by atoms with Gasteiger partial charge in [-0.3, -0.25) is 4.68 Å². The van der Waals surface area contributed by atoms with E-state index in [1.165, 1.54) is 43.4 Å². The Hall–Kier alpha value is -0.830. The quantitative estimate of drug-likeness (QED) is 0.869. The zero-order valence-corrected chi connectivity index (χ0v) is 11.4. The molecule has 17 heavy (non-hydrogen) atoms. The lowest BCUT2D eigenvalue weighted by Crippen LogP contribution is -2.34. The van der Waals surface area contributed by atoms with E-state index in [-0.39, 0.29) is 0 Å². The molecule has 0 aliphatic heterocycles. The number of nitrogens with zero attached hydrogens (tertiary/aromatic N) is 2. The Labute approximate surface area is 105 Å². The highest BCUT2D eigenvalue weighted by Crippen LogP contribution is 2.26. The van der Waals surface area contributed by atoms with E-state index in [1.807, 2.05) is 17.9 Å². The number of aryl methyl sites for hydroxylation is 1. The van der Waals surface area contributed by atoms with Gasteiger partial charge in [0.2, 0.25) is 0 Å². The molecule has 1 aromatic heterocycles. The lowest BCUT2D eigenvalue weighted by Gasteiger charge is -2.28. The van der Waals surface area contributed by atoms with Crippen LogP contribution in [0.25, 0.3) is 0 Å². The number of aromatic nitrogens is 2. The van der Waals surface area contributed by atoms with Gasteiger partial charge in [-0.1, -0.05) is 19.3 Å². The van der Waals surface area contributed by atoms with Crippen LogP contribution in [0.1, 0.15) is 50.3 Å². The van der Waals surface area contributed by atoms with Gasteiger partial charge in [0.25, 0.3) is 0 Å². The fourth-order valence-electron chi connectivity index (χ4n) is 2.79. The van der Waals surface area contributed by atoms with Crippen molar-refractivity contribution in [2.75, 3.05) is 0 Å². The third-order valence-corrected chi connectivity index (χ3v) is 4.31. The van der Waals surface area contributed by atoms with Gasteiger partial charge < -0.3 is 5.32 Å². The van der Waals surface area contributed by atoms with Crippen LogP contribution >= 0.6 is 0 Å². The van der Waals surface area contributed by atoms with E-state index in [9.17, 15) is 0 Å². The molecule has 3 nitrogen and oxygen atoms in total. The number of nitrogens with one attached hydrogen (secondary N) is 1. The van der Waals surface area contributed by atoms with Crippen molar-refractivity contribution < 1.29 is 0 Å². The summed E-state index contributed by atoms with van der Waals surface area (Å²) in [5, 5.41) is 7.95. The van der Waals surface area contributed by atoms with Crippen molar-refractivity contribution in [3.8, 4) is 0 Å². The molecule has 1 atom stereocenters. The molecule has 1 fully saturated rings. The molecular formula is C14H25N3. The summed E-state index contributed by atoms with van der Waals surface area (Å²) in [6, 6.07) is 0.634. The molecule has 0 amide bonds. The summed E-state index contributed by atoms with van der Waals surface area (Å²) in [7, 11) is 2.00. The molecule has 0 saturated heterocycles. The average molecular weight is 235 g/mol. The largest absolute Gasteiger partial charge is 0.310 e. The second-order valence-corrected chi connectivity index (χ2v) is 5.45. The monoisotopic (exact) mass is 235 g/mol. The Balaban J connectivity index is 1.83. The Kier molecular flexibility index (Phi) is 4.21. The van der Waals surface area contributed by atoms with E-state index in [2.05, 4.69) is 24.3 Å². The van der Waals surface area contributed by atoms with Crippen molar-refractivity contribution in [2.45, 2.75) is 58.5 Å². The van der Waals surface area contributed by atoms with Crippen LogP contribution in [-0.2, 0) is 13.6 Å². The standard InChI is InChI=1S/C14H25N3/c1-11(13-7-5-4-6-8-13)15-9-14-10-16-17(3)12(14)2/h10-11,13,15H,4-9H2,1-3H3/t11-/m0/s1. The molecule has 1 aliphatic carbocycles. The van der Waals surface area contributed by atoms with Gasteiger partial charge >= 0.3 is 0 Å². The summed E-state index contributed by atoms with van der Waals surface area (Å²) in [4.78, 5) is 0. The highest BCUT2D eigenvalue weighted by molar-refractivity contribution is 5.15. The van der Waals surface area contributed by atoms with Gasteiger partial charge in [0.15, 0.2) is 0 Å². The summed E-state index contributed by atoms with van der Waals surface area (Å²) in [5.74, 6) is 0.876. The first-order valence-corrected chi connectivity index (χ1v) is 6.89. The van der Waals surface area contributed by atoms with Gasteiger partial charge in [0.1, 0.15) is 0 Å². The van der Waals surface area contributed by atoms with Crippen molar-refractivity contribution >= 4 is 0 Å². The summed E-state index contributed by atoms with van der Waals surface area (Å²) in [5.41, 5.74) is 2.60. The van der Waals surface area contributed by atoms with Crippen LogP contribution in [0.4, 0.5) is 0 Å². The predicted molar refractivity (Wildman–Crippen MR) is 70.8 cm³/mol. The van der Waals surface area contributed by atoms with Gasteiger partial charge in [0.05, 0.1) is 6.20 Å². The number of hydrogen-bond donors (Lipinski definition) is 1. The van der Waals surface area contributed by atoms with Crippen LogP contribution in [-0.4, -0.2) is 15.8 Å². The predicted octanol–water partition coefficient (Wildman–Crippen LogP) is 2.79. The maximum absolute atomic E-state index is 4.28. The fraction of sp³-hybridized carbons (Fsp3) is 0.786. The molecule has 1 heterocycles. The summed E-state index contributed by atoms with van der Waals surface area (Å²) in [6.45, 7) is 5.42. The lowest BCUT2D eigenvalue weighted by atomic mass is 9.84. The summed E-state index contributed by atoms with van der Waals surface area (Å²) in [6.07, 6.45) is 9.06. The first-order chi connectivity index (χ1) is 8.18. The highest BCUT2D eigenvalue weighted by atomic mass is 15.3. The van der Waals surface area contributed by atoms with Crippen LogP contribution in [0.3, 0.4) is 0 Å². The topological polar surface area (TPSA) is 29.9 Å². The number of hydrogen-bond acceptors (Lipinski definition) is 2. The van der Waals surface area contributed by atoms with E-state index in [1.54, 1.807) is 0 Å². The number of rotatable bonds is 4. The van der Waals surface area contributed by atoms with Crippen LogP contribution < -0.4 is 5.32 Å². The molecular weight excluding hydrogens is 210 g/mol. The van der Waals surface area contributed by atoms with Crippen molar-refractivity contribution in [2.24, 2.45) is 13.0 Å². The Morgan fingerprint density at radius 3 is 2.71 bits per heavy atom. The summed E-state index contributed by atoms with van der Waals surface area (Å²) < 4.78 is 1.95. The van der Waals surface area contributed by atoms with Gasteiger partial charge in [-0.25, -0.2) is 0 Å². The normalized spacial score (nSPS) is 19.5. The SMILES string of the molecule is Cc1c(CN[C@@H](C)C2CCCCC2)cnn1C. The maximum Gasteiger partial charge on any atom is 0.0537 e. The maximum atomic E-state index is 4.28. The van der Waals surface area contributed by atoms with Crippen LogP contribution in [0.5, 0.6) is 0 Å². The van der Waals surface area contributed by atoms with Gasteiger partial charge in [-0.2, -0.15) is 5.10 Å². The van der Waals surface area contributed by atoms with Gasteiger partial charge in [-0.05, 0) is 32.6 Å². The molecule has 2 rings (SSSR count). The van der Waals surface area contributed by atoms with Crippen molar-refractivity contribution in [3.63, 3.8) is 0 Å². The Morgan fingerprint density at radius 1 is 1.41 bits per heavy atom. The zero-order chi connectivity index (χ0) is 12.3. The van der Waals surface area contributed by atoms with Gasteiger partial charge in [0, 0.05) is 30.9 Å². The highest BCUT2D eigenvalue weighted by Gasteiger charge is 2.19. The van der Waals surface area contributed by atoms with E-state index in [0.29, 0.717) is 6.04 Å². The molecule has 1 aliphatic rings. The van der Waals surface area contributed by atoms with Crippen LogP contribution in [0.2, 0.25) is 0 Å². The third kappa shape index (κ3) is 3.09. The van der Waals surface area contributed by atoms with E-state index in [0.717, 1.165) is 12.5 Å². The van der Waals surface area contributed by atoms with Crippen molar-refractivity contribution in [1.82, 2.24) is 15.1 Å². The first-order valence-electron chi connectivity index (χ1n) is 6.89. The zero-order valence-electron chi connectivity index (χ0n) is 11.4. The minimum atomic E-state index is 0.634. The molecule has 0 spiro atoms. The molecule has 1 N–H and O–H groups in total. The van der Waals surface area contributed by atoms with E-state index >= 15 is 0 Å². The Morgan fingerprint density at radius 2 is 2.12 bits per heavy atom. The van der Waals surface area contributed by atoms with E-state index in [4.69, 9.17) is 0 Å². The second kappa shape index (κ2) is 5.67. The molecule has 0 bridgehead atoms. The Bertz CT molecular complexity index is 350. The van der Waals surface area contributed by atoms with Crippen molar-refractivity contribution in [3.05, 3.63) is 17.5 Å². The molecule has 0 radical (unpaired) electrons. The average Bonchev–Trinajstić information content (AvgIpc) is 2.68. The third-order valence-electron chi connectivity index (χ3n) is 4.31. The molecule has 3 heteroatoms. The molecule has 1 saturated carbocycles. The van der Waals surface area contributed by atoms with Crippen molar-refractivity contribution in [1.29, 1.82) is 0 Å². The summed E-state index contributed by atoms with van der Waals surface area (Å²) >= 11 is 0. The van der Waals surface area contributed by atoms with E-state index < -0.39 is 0 Å². The molecule has 96 valence electrons. The smallest absolute Gasteiger partial charge is 0.0537 e. The second-order valence-electron chi connectivity index (χ2n) is 5.45. The van der Waals surface area contributed by atoms with Crippen LogP contribution in [0, 0.1) is 12.8 Å². The molecule has 1 aromatic rings. The van der Waals surface area contributed by atoms with Crippen LogP contribution in [0.15, 0.2) is 6.20 Å².